The molecule has 4 N–H and O–H groups in total. The van der Waals surface area contributed by atoms with E-state index in [0.29, 0.717) is 18.9 Å². The molecule has 98 valence electrons. The number of hydrogen-bond donors (Lipinski definition) is 3. The number of rotatable bonds is 6. The largest absolute Gasteiger partial charge is 0.357 e. The Bertz CT molecular complexity index is 298. The normalized spacial score (nSPS) is 18.6. The Morgan fingerprint density at radius 2 is 1.94 bits per heavy atom. The Hall–Kier alpha value is -1.10. The van der Waals surface area contributed by atoms with Gasteiger partial charge in [-0.15, -0.1) is 0 Å². The van der Waals surface area contributed by atoms with E-state index in [2.05, 4.69) is 10.6 Å². The van der Waals surface area contributed by atoms with Crippen molar-refractivity contribution in [1.82, 2.24) is 10.6 Å². The van der Waals surface area contributed by atoms with Gasteiger partial charge in [0, 0.05) is 13.6 Å². The molecular weight excluding hydrogens is 218 g/mol. The quantitative estimate of drug-likeness (QED) is 0.612. The summed E-state index contributed by atoms with van der Waals surface area (Å²) in [5.74, 6) is 0.139. The van der Waals surface area contributed by atoms with Crippen LogP contribution in [-0.4, -0.2) is 31.4 Å². The average molecular weight is 241 g/mol. The predicted molar refractivity (Wildman–Crippen MR) is 66.2 cm³/mol. The first-order valence-corrected chi connectivity index (χ1v) is 6.18. The molecule has 17 heavy (non-hydrogen) atoms. The summed E-state index contributed by atoms with van der Waals surface area (Å²) in [6.07, 6.45) is 2.31. The van der Waals surface area contributed by atoms with Crippen LogP contribution in [0.25, 0.3) is 0 Å². The third-order valence-corrected chi connectivity index (χ3v) is 3.30. The Morgan fingerprint density at radius 3 is 2.29 bits per heavy atom. The van der Waals surface area contributed by atoms with Gasteiger partial charge in [-0.1, -0.05) is 13.8 Å². The summed E-state index contributed by atoms with van der Waals surface area (Å²) in [4.78, 5) is 23.7. The third-order valence-electron chi connectivity index (χ3n) is 3.30. The zero-order chi connectivity index (χ0) is 13.1. The molecule has 1 rings (SSSR count). The molecule has 0 aromatic carbocycles. The lowest BCUT2D eigenvalue weighted by Gasteiger charge is -2.22. The van der Waals surface area contributed by atoms with Crippen LogP contribution in [0.5, 0.6) is 0 Å². The fourth-order valence-corrected chi connectivity index (χ4v) is 1.86. The molecule has 1 unspecified atom stereocenters. The molecule has 0 bridgehead atoms. The first-order valence-electron chi connectivity index (χ1n) is 6.18. The second-order valence-electron chi connectivity index (χ2n) is 5.25. The van der Waals surface area contributed by atoms with E-state index < -0.39 is 11.5 Å². The number of carbonyl (C=O) groups is 2. The number of nitrogens with one attached hydrogen (secondary N) is 2. The van der Waals surface area contributed by atoms with Gasteiger partial charge in [0.15, 0.2) is 0 Å². The summed E-state index contributed by atoms with van der Waals surface area (Å²) in [5.41, 5.74) is 5.19. The molecule has 0 heterocycles. The van der Waals surface area contributed by atoms with Gasteiger partial charge in [0.25, 0.3) is 0 Å². The molecule has 5 nitrogen and oxygen atoms in total. The van der Waals surface area contributed by atoms with E-state index in [1.54, 1.807) is 7.05 Å². The van der Waals surface area contributed by atoms with Crippen molar-refractivity contribution >= 4 is 11.8 Å². The molecule has 1 saturated carbocycles. The van der Waals surface area contributed by atoms with Crippen LogP contribution in [0.2, 0.25) is 0 Å². The van der Waals surface area contributed by atoms with Gasteiger partial charge in [-0.25, -0.2) is 0 Å². The van der Waals surface area contributed by atoms with Gasteiger partial charge in [0.1, 0.15) is 6.04 Å². The highest BCUT2D eigenvalue weighted by Gasteiger charge is 2.49. The first kappa shape index (κ1) is 14.0. The molecule has 1 aliphatic rings. The predicted octanol–water partition coefficient (Wildman–Crippen LogP) is 0.00220. The molecule has 0 saturated heterocycles. The van der Waals surface area contributed by atoms with Crippen molar-refractivity contribution in [1.29, 1.82) is 0 Å². The lowest BCUT2D eigenvalue weighted by Crippen LogP contribution is -2.49. The summed E-state index contributed by atoms with van der Waals surface area (Å²) < 4.78 is 0. The van der Waals surface area contributed by atoms with Crippen LogP contribution in [0.4, 0.5) is 0 Å². The molecule has 1 atom stereocenters. The molecule has 5 heteroatoms. The van der Waals surface area contributed by atoms with Crippen LogP contribution < -0.4 is 16.4 Å². The van der Waals surface area contributed by atoms with E-state index in [0.717, 1.165) is 12.8 Å². The molecule has 0 aromatic rings. The van der Waals surface area contributed by atoms with Crippen molar-refractivity contribution in [2.75, 3.05) is 13.6 Å². The Morgan fingerprint density at radius 1 is 1.35 bits per heavy atom. The van der Waals surface area contributed by atoms with Crippen LogP contribution in [-0.2, 0) is 9.59 Å². The molecule has 2 amide bonds. The Balaban J connectivity index is 2.60. The van der Waals surface area contributed by atoms with Crippen LogP contribution >= 0.6 is 0 Å². The zero-order valence-corrected chi connectivity index (χ0v) is 10.9. The van der Waals surface area contributed by atoms with Crippen LogP contribution in [0.3, 0.4) is 0 Å². The standard InChI is InChI=1S/C12H23N3O2/c1-8(2)6-9(10(16)14-3)15-11(17)12(7-13)4-5-12/h8-9H,4-7,13H2,1-3H3,(H,14,16)(H,15,17). The van der Waals surface area contributed by atoms with E-state index in [1.165, 1.54) is 0 Å². The van der Waals surface area contributed by atoms with Crippen LogP contribution in [0.1, 0.15) is 33.1 Å². The number of hydrogen-bond acceptors (Lipinski definition) is 3. The molecule has 0 radical (unpaired) electrons. The number of carbonyl (C=O) groups excluding carboxylic acids is 2. The van der Waals surface area contributed by atoms with Crippen LogP contribution in [0.15, 0.2) is 0 Å². The lowest BCUT2D eigenvalue weighted by molar-refractivity contribution is -0.131. The van der Waals surface area contributed by atoms with Gasteiger partial charge in [0.2, 0.25) is 11.8 Å². The van der Waals surface area contributed by atoms with Gasteiger partial charge in [0.05, 0.1) is 5.41 Å². The molecule has 0 aromatic heterocycles. The molecule has 1 aliphatic carbocycles. The maximum atomic E-state index is 12.0. The Labute approximate surface area is 103 Å². The molecule has 0 aliphatic heterocycles. The van der Waals surface area contributed by atoms with E-state index in [4.69, 9.17) is 5.73 Å². The van der Waals surface area contributed by atoms with E-state index in [9.17, 15) is 9.59 Å². The summed E-state index contributed by atoms with van der Waals surface area (Å²) in [7, 11) is 1.58. The minimum Gasteiger partial charge on any atom is -0.357 e. The van der Waals surface area contributed by atoms with Gasteiger partial charge in [-0.05, 0) is 25.2 Å². The fraction of sp³-hybridized carbons (Fsp3) is 0.833. The smallest absolute Gasteiger partial charge is 0.242 e. The summed E-state index contributed by atoms with van der Waals surface area (Å²) in [6.45, 7) is 4.41. The molecule has 0 spiro atoms. The summed E-state index contributed by atoms with van der Waals surface area (Å²) >= 11 is 0. The number of likely N-dealkylation sites (N-methyl/N-ethyl adjacent to an activating group) is 1. The SMILES string of the molecule is CNC(=O)C(CC(C)C)NC(=O)C1(CN)CC1. The minimum atomic E-state index is -0.448. The fourth-order valence-electron chi connectivity index (χ4n) is 1.86. The number of nitrogens with two attached hydrogens (primary N) is 1. The second kappa shape index (κ2) is 5.49. The molecular formula is C12H23N3O2. The molecule has 1 fully saturated rings. The van der Waals surface area contributed by atoms with Gasteiger partial charge in [-0.3, -0.25) is 9.59 Å². The zero-order valence-electron chi connectivity index (χ0n) is 10.9. The van der Waals surface area contributed by atoms with Gasteiger partial charge >= 0.3 is 0 Å². The summed E-state index contributed by atoms with van der Waals surface area (Å²) in [5, 5.41) is 5.40. The topological polar surface area (TPSA) is 84.2 Å². The van der Waals surface area contributed by atoms with Gasteiger partial charge < -0.3 is 16.4 Å². The maximum Gasteiger partial charge on any atom is 0.242 e. The van der Waals surface area contributed by atoms with E-state index in [-0.39, 0.29) is 11.8 Å². The highest BCUT2D eigenvalue weighted by Crippen LogP contribution is 2.44. The highest BCUT2D eigenvalue weighted by atomic mass is 16.2. The van der Waals surface area contributed by atoms with Crippen molar-refractivity contribution in [2.45, 2.75) is 39.2 Å². The van der Waals surface area contributed by atoms with Crippen LogP contribution in [0, 0.1) is 11.3 Å². The minimum absolute atomic E-state index is 0.0748. The van der Waals surface area contributed by atoms with Crippen molar-refractivity contribution in [3.8, 4) is 0 Å². The number of amides is 2. The lowest BCUT2D eigenvalue weighted by atomic mass is 10.0. The second-order valence-corrected chi connectivity index (χ2v) is 5.25. The Kier molecular flexibility index (Phi) is 4.51. The van der Waals surface area contributed by atoms with Crippen molar-refractivity contribution in [3.05, 3.63) is 0 Å². The van der Waals surface area contributed by atoms with Gasteiger partial charge in [-0.2, -0.15) is 0 Å². The first-order chi connectivity index (χ1) is 7.95. The summed E-state index contributed by atoms with van der Waals surface area (Å²) in [6, 6.07) is -0.448. The van der Waals surface area contributed by atoms with E-state index >= 15 is 0 Å². The maximum absolute atomic E-state index is 12.0. The van der Waals surface area contributed by atoms with Crippen molar-refractivity contribution < 1.29 is 9.59 Å². The van der Waals surface area contributed by atoms with Crippen molar-refractivity contribution in [3.63, 3.8) is 0 Å². The third kappa shape index (κ3) is 3.43. The monoisotopic (exact) mass is 241 g/mol. The highest BCUT2D eigenvalue weighted by molar-refractivity contribution is 5.91. The van der Waals surface area contributed by atoms with Crippen molar-refractivity contribution in [2.24, 2.45) is 17.1 Å². The average Bonchev–Trinajstić information content (AvgIpc) is 3.07. The van der Waals surface area contributed by atoms with E-state index in [1.807, 2.05) is 13.8 Å².